The number of aryl methyl sites for hydroxylation is 1. The molecule has 0 unspecified atom stereocenters. The van der Waals surface area contributed by atoms with E-state index < -0.39 is 0 Å². The van der Waals surface area contributed by atoms with Crippen LogP contribution in [-0.2, 0) is 6.54 Å². The first kappa shape index (κ1) is 15.1. The molecular weight excluding hydrogens is 260 g/mol. The van der Waals surface area contributed by atoms with Crippen LogP contribution in [0.3, 0.4) is 0 Å². The second kappa shape index (κ2) is 7.47. The highest BCUT2D eigenvalue weighted by molar-refractivity contribution is 5.42. The lowest BCUT2D eigenvalue weighted by molar-refractivity contribution is 0.232. The Bertz CT molecular complexity index is 614. The number of likely N-dealkylation sites (N-methyl/N-ethyl adjacent to an activating group) is 1. The van der Waals surface area contributed by atoms with E-state index in [4.69, 9.17) is 10.00 Å². The summed E-state index contributed by atoms with van der Waals surface area (Å²) in [6.45, 7) is 4.37. The minimum absolute atomic E-state index is 0.570. The Hall–Kier alpha value is -2.31. The molecular formula is C18H20N2O. The molecule has 0 aromatic heterocycles. The molecule has 0 radical (unpaired) electrons. The van der Waals surface area contributed by atoms with Crippen molar-refractivity contribution in [3.05, 3.63) is 65.2 Å². The Labute approximate surface area is 126 Å². The predicted molar refractivity (Wildman–Crippen MR) is 84.2 cm³/mol. The van der Waals surface area contributed by atoms with Gasteiger partial charge in [0.25, 0.3) is 0 Å². The summed E-state index contributed by atoms with van der Waals surface area (Å²) in [5.74, 6) is 0.656. The van der Waals surface area contributed by atoms with E-state index in [1.54, 1.807) is 6.07 Å². The lowest BCUT2D eigenvalue weighted by atomic mass is 10.1. The van der Waals surface area contributed by atoms with Crippen molar-refractivity contribution in [3.8, 4) is 11.8 Å². The van der Waals surface area contributed by atoms with Gasteiger partial charge < -0.3 is 4.74 Å². The molecule has 0 bridgehead atoms. The maximum Gasteiger partial charge on any atom is 0.137 e. The minimum Gasteiger partial charge on any atom is -0.491 e. The Morgan fingerprint density at radius 3 is 2.52 bits per heavy atom. The lowest BCUT2D eigenvalue weighted by Gasteiger charge is -2.17. The average molecular weight is 280 g/mol. The van der Waals surface area contributed by atoms with E-state index in [-0.39, 0.29) is 0 Å². The summed E-state index contributed by atoms with van der Waals surface area (Å²) in [5.41, 5.74) is 3.15. The van der Waals surface area contributed by atoms with Gasteiger partial charge in [0.2, 0.25) is 0 Å². The van der Waals surface area contributed by atoms with Gasteiger partial charge in [0.05, 0.1) is 5.56 Å². The zero-order valence-electron chi connectivity index (χ0n) is 12.5. The van der Waals surface area contributed by atoms with Crippen LogP contribution in [0.2, 0.25) is 0 Å². The van der Waals surface area contributed by atoms with Crippen LogP contribution in [-0.4, -0.2) is 25.1 Å². The topological polar surface area (TPSA) is 36.3 Å². The molecule has 0 aliphatic carbocycles. The summed E-state index contributed by atoms with van der Waals surface area (Å²) >= 11 is 0. The van der Waals surface area contributed by atoms with Gasteiger partial charge in [0.1, 0.15) is 18.4 Å². The Morgan fingerprint density at radius 2 is 1.81 bits per heavy atom. The van der Waals surface area contributed by atoms with Gasteiger partial charge in [-0.25, -0.2) is 0 Å². The maximum absolute atomic E-state index is 9.00. The van der Waals surface area contributed by atoms with Gasteiger partial charge >= 0.3 is 0 Å². The first-order valence-corrected chi connectivity index (χ1v) is 7.05. The summed E-state index contributed by atoms with van der Waals surface area (Å²) in [5, 5.41) is 9.00. The first-order valence-electron chi connectivity index (χ1n) is 7.05. The fourth-order valence-electron chi connectivity index (χ4n) is 2.08. The SMILES string of the molecule is Cc1ccc(CN(C)CCOc2ccccc2C#N)cc1. The molecule has 0 spiro atoms. The van der Waals surface area contributed by atoms with E-state index in [1.807, 2.05) is 18.2 Å². The highest BCUT2D eigenvalue weighted by atomic mass is 16.5. The molecule has 0 aliphatic rings. The van der Waals surface area contributed by atoms with Crippen molar-refractivity contribution in [3.63, 3.8) is 0 Å². The van der Waals surface area contributed by atoms with Crippen LogP contribution in [0, 0.1) is 18.3 Å². The molecule has 0 saturated carbocycles. The Morgan fingerprint density at radius 1 is 1.10 bits per heavy atom. The smallest absolute Gasteiger partial charge is 0.137 e. The number of nitriles is 1. The van der Waals surface area contributed by atoms with Crippen molar-refractivity contribution in [2.75, 3.05) is 20.2 Å². The van der Waals surface area contributed by atoms with E-state index in [1.165, 1.54) is 11.1 Å². The number of nitrogens with zero attached hydrogens (tertiary/aromatic N) is 2. The summed E-state index contributed by atoms with van der Waals surface area (Å²) in [7, 11) is 2.07. The third kappa shape index (κ3) is 4.62. The number of hydrogen-bond acceptors (Lipinski definition) is 3. The highest BCUT2D eigenvalue weighted by Crippen LogP contribution is 2.16. The molecule has 0 atom stereocenters. The van der Waals surface area contributed by atoms with Crippen LogP contribution in [0.5, 0.6) is 5.75 Å². The third-order valence-electron chi connectivity index (χ3n) is 3.31. The van der Waals surface area contributed by atoms with E-state index in [0.717, 1.165) is 13.1 Å². The van der Waals surface area contributed by atoms with Crippen molar-refractivity contribution in [1.82, 2.24) is 4.90 Å². The molecule has 2 rings (SSSR count). The molecule has 3 heteroatoms. The van der Waals surface area contributed by atoms with Gasteiger partial charge in [-0.1, -0.05) is 42.0 Å². The molecule has 0 fully saturated rings. The van der Waals surface area contributed by atoms with Crippen LogP contribution in [0.25, 0.3) is 0 Å². The fraction of sp³-hybridized carbons (Fsp3) is 0.278. The van der Waals surface area contributed by atoms with Crippen molar-refractivity contribution >= 4 is 0 Å². The molecule has 21 heavy (non-hydrogen) atoms. The van der Waals surface area contributed by atoms with Gasteiger partial charge in [-0.3, -0.25) is 4.90 Å². The lowest BCUT2D eigenvalue weighted by Crippen LogP contribution is -2.24. The van der Waals surface area contributed by atoms with Crippen LogP contribution < -0.4 is 4.74 Å². The summed E-state index contributed by atoms with van der Waals surface area (Å²) in [6.07, 6.45) is 0. The molecule has 0 amide bonds. The van der Waals surface area contributed by atoms with Crippen LogP contribution in [0.15, 0.2) is 48.5 Å². The zero-order valence-corrected chi connectivity index (χ0v) is 12.5. The number of benzene rings is 2. The summed E-state index contributed by atoms with van der Waals surface area (Å²) in [6, 6.07) is 18.0. The highest BCUT2D eigenvalue weighted by Gasteiger charge is 2.04. The van der Waals surface area contributed by atoms with Crippen LogP contribution in [0.1, 0.15) is 16.7 Å². The molecule has 0 N–H and O–H groups in total. The largest absolute Gasteiger partial charge is 0.491 e. The second-order valence-corrected chi connectivity index (χ2v) is 5.18. The zero-order chi connectivity index (χ0) is 15.1. The van der Waals surface area contributed by atoms with Crippen LogP contribution in [0.4, 0.5) is 0 Å². The predicted octanol–water partition coefficient (Wildman–Crippen LogP) is 3.38. The van der Waals surface area contributed by atoms with E-state index in [9.17, 15) is 0 Å². The molecule has 0 saturated heterocycles. The summed E-state index contributed by atoms with van der Waals surface area (Å²) in [4.78, 5) is 2.21. The van der Waals surface area contributed by atoms with Crippen LogP contribution >= 0.6 is 0 Å². The van der Waals surface area contributed by atoms with E-state index in [2.05, 4.69) is 49.2 Å². The summed E-state index contributed by atoms with van der Waals surface area (Å²) < 4.78 is 5.69. The molecule has 0 heterocycles. The molecule has 2 aromatic rings. The Balaban J connectivity index is 1.80. The standard InChI is InChI=1S/C18H20N2O/c1-15-7-9-16(10-8-15)14-20(2)11-12-21-18-6-4-3-5-17(18)13-19/h3-10H,11-12,14H2,1-2H3. The van der Waals surface area contributed by atoms with Gasteiger partial charge in [-0.2, -0.15) is 5.26 Å². The van der Waals surface area contributed by atoms with Crippen molar-refractivity contribution in [2.45, 2.75) is 13.5 Å². The first-order chi connectivity index (χ1) is 10.2. The fourth-order valence-corrected chi connectivity index (χ4v) is 2.08. The van der Waals surface area contributed by atoms with E-state index >= 15 is 0 Å². The average Bonchev–Trinajstić information content (AvgIpc) is 2.50. The Kier molecular flexibility index (Phi) is 5.36. The van der Waals surface area contributed by atoms with Gasteiger partial charge in [-0.15, -0.1) is 0 Å². The third-order valence-corrected chi connectivity index (χ3v) is 3.31. The monoisotopic (exact) mass is 280 g/mol. The van der Waals surface area contributed by atoms with Crippen molar-refractivity contribution in [1.29, 1.82) is 5.26 Å². The molecule has 2 aromatic carbocycles. The number of ether oxygens (including phenoxy) is 1. The van der Waals surface area contributed by atoms with Gasteiger partial charge in [0.15, 0.2) is 0 Å². The molecule has 3 nitrogen and oxygen atoms in total. The van der Waals surface area contributed by atoms with E-state index in [0.29, 0.717) is 17.9 Å². The second-order valence-electron chi connectivity index (χ2n) is 5.18. The normalized spacial score (nSPS) is 10.4. The number of rotatable bonds is 6. The maximum atomic E-state index is 9.00. The van der Waals surface area contributed by atoms with Crippen molar-refractivity contribution < 1.29 is 4.74 Å². The molecule has 0 aliphatic heterocycles. The quantitative estimate of drug-likeness (QED) is 0.814. The van der Waals surface area contributed by atoms with Gasteiger partial charge in [0, 0.05) is 13.1 Å². The molecule has 108 valence electrons. The van der Waals surface area contributed by atoms with Crippen molar-refractivity contribution in [2.24, 2.45) is 0 Å². The minimum atomic E-state index is 0.570. The number of hydrogen-bond donors (Lipinski definition) is 0. The number of para-hydroxylation sites is 1. The van der Waals surface area contributed by atoms with Gasteiger partial charge in [-0.05, 0) is 31.7 Å².